The largest absolute Gasteiger partial charge is 0.326 e. The first-order valence-electron chi connectivity index (χ1n) is 6.13. The van der Waals surface area contributed by atoms with Crippen LogP contribution < -0.4 is 5.73 Å². The van der Waals surface area contributed by atoms with Crippen molar-refractivity contribution in [3.05, 3.63) is 11.6 Å². The van der Waals surface area contributed by atoms with Crippen LogP contribution in [0.4, 0.5) is 0 Å². The monoisotopic (exact) mass is 221 g/mol. The van der Waals surface area contributed by atoms with Gasteiger partial charge in [-0.15, -0.1) is 0 Å². The van der Waals surface area contributed by atoms with E-state index in [2.05, 4.69) is 22.0 Å². The Hall–Kier alpha value is -0.940. The lowest BCUT2D eigenvalue weighted by atomic mass is 10.1. The Morgan fingerprint density at radius 2 is 2.25 bits per heavy atom. The van der Waals surface area contributed by atoms with Crippen LogP contribution in [0.2, 0.25) is 0 Å². The molecule has 2 aliphatic rings. The maximum absolute atomic E-state index is 5.94. The molecular formula is C11H19N5. The minimum atomic E-state index is 0.253. The van der Waals surface area contributed by atoms with E-state index in [9.17, 15) is 0 Å². The van der Waals surface area contributed by atoms with Crippen LogP contribution in [0.5, 0.6) is 0 Å². The van der Waals surface area contributed by atoms with E-state index in [-0.39, 0.29) is 6.04 Å². The van der Waals surface area contributed by atoms with Crippen molar-refractivity contribution in [1.82, 2.24) is 19.7 Å². The summed E-state index contributed by atoms with van der Waals surface area (Å²) in [5, 5.41) is 4.62. The number of nitrogens with two attached hydrogens (primary N) is 1. The van der Waals surface area contributed by atoms with Crippen LogP contribution >= 0.6 is 0 Å². The fourth-order valence-corrected chi connectivity index (χ4v) is 2.73. The van der Waals surface area contributed by atoms with Gasteiger partial charge in [-0.05, 0) is 32.9 Å². The molecule has 1 aromatic heterocycles. The molecule has 5 nitrogen and oxygen atoms in total. The molecule has 0 bridgehead atoms. The topological polar surface area (TPSA) is 60.0 Å². The number of aryl methyl sites for hydroxylation is 1. The fourth-order valence-electron chi connectivity index (χ4n) is 2.73. The first kappa shape index (κ1) is 10.2. The van der Waals surface area contributed by atoms with Gasteiger partial charge in [0, 0.05) is 12.5 Å². The highest BCUT2D eigenvalue weighted by atomic mass is 15.4. The number of likely N-dealkylation sites (tertiary alicyclic amines) is 1. The van der Waals surface area contributed by atoms with Crippen molar-refractivity contribution in [2.24, 2.45) is 5.73 Å². The smallest absolute Gasteiger partial charge is 0.168 e. The van der Waals surface area contributed by atoms with Crippen LogP contribution in [-0.2, 0) is 13.0 Å². The van der Waals surface area contributed by atoms with Gasteiger partial charge in [0.05, 0.1) is 12.6 Å². The van der Waals surface area contributed by atoms with Crippen LogP contribution in [0, 0.1) is 0 Å². The van der Waals surface area contributed by atoms with Crippen molar-refractivity contribution >= 4 is 0 Å². The summed E-state index contributed by atoms with van der Waals surface area (Å²) in [7, 11) is 2.16. The third-order valence-corrected chi connectivity index (χ3v) is 3.73. The van der Waals surface area contributed by atoms with E-state index in [1.807, 2.05) is 4.68 Å². The highest BCUT2D eigenvalue weighted by molar-refractivity contribution is 5.03. The fraction of sp³-hybridized carbons (Fsp3) is 0.818. The van der Waals surface area contributed by atoms with Crippen molar-refractivity contribution in [2.45, 2.75) is 44.3 Å². The summed E-state index contributed by atoms with van der Waals surface area (Å²) >= 11 is 0. The number of hydrogen-bond donors (Lipinski definition) is 1. The van der Waals surface area contributed by atoms with Crippen molar-refractivity contribution in [1.29, 1.82) is 0 Å². The van der Waals surface area contributed by atoms with Crippen molar-refractivity contribution in [3.63, 3.8) is 0 Å². The molecule has 5 heteroatoms. The predicted molar refractivity (Wildman–Crippen MR) is 60.9 cm³/mol. The van der Waals surface area contributed by atoms with E-state index >= 15 is 0 Å². The van der Waals surface area contributed by atoms with Crippen molar-refractivity contribution in [2.75, 3.05) is 13.6 Å². The van der Waals surface area contributed by atoms with E-state index in [1.165, 1.54) is 12.8 Å². The average Bonchev–Trinajstić information content (AvgIpc) is 2.82. The summed E-state index contributed by atoms with van der Waals surface area (Å²) in [4.78, 5) is 7.02. The minimum Gasteiger partial charge on any atom is -0.326 e. The Kier molecular flexibility index (Phi) is 2.44. The molecule has 0 saturated carbocycles. The second-order valence-electron chi connectivity index (χ2n) is 5.01. The maximum Gasteiger partial charge on any atom is 0.168 e. The summed E-state index contributed by atoms with van der Waals surface area (Å²) < 4.78 is 2.01. The van der Waals surface area contributed by atoms with Gasteiger partial charge in [-0.3, -0.25) is 4.90 Å². The molecule has 0 amide bonds. The molecule has 1 fully saturated rings. The summed E-state index contributed by atoms with van der Waals surface area (Å²) in [6, 6.07) is 0.678. The van der Waals surface area contributed by atoms with Gasteiger partial charge in [-0.1, -0.05) is 0 Å². The predicted octanol–water partition coefficient (Wildman–Crippen LogP) is 0.318. The van der Waals surface area contributed by atoms with Crippen molar-refractivity contribution < 1.29 is 0 Å². The molecule has 1 saturated heterocycles. The van der Waals surface area contributed by atoms with Crippen molar-refractivity contribution in [3.8, 4) is 0 Å². The zero-order valence-electron chi connectivity index (χ0n) is 9.76. The van der Waals surface area contributed by atoms with Gasteiger partial charge in [0.1, 0.15) is 5.82 Å². The number of hydrogen-bond acceptors (Lipinski definition) is 4. The average molecular weight is 221 g/mol. The molecule has 2 atom stereocenters. The van der Waals surface area contributed by atoms with Gasteiger partial charge in [0.2, 0.25) is 0 Å². The minimum absolute atomic E-state index is 0.253. The third-order valence-electron chi connectivity index (χ3n) is 3.73. The SMILES string of the molecule is CN1CCCC1c1nc2n(n1)CC(N)CC2. The molecule has 0 aliphatic carbocycles. The highest BCUT2D eigenvalue weighted by Crippen LogP contribution is 2.28. The Balaban J connectivity index is 1.86. The zero-order chi connectivity index (χ0) is 11.1. The molecule has 2 N–H and O–H groups in total. The van der Waals surface area contributed by atoms with E-state index in [0.717, 1.165) is 37.6 Å². The lowest BCUT2D eigenvalue weighted by Crippen LogP contribution is -2.32. The first-order chi connectivity index (χ1) is 7.74. The summed E-state index contributed by atoms with van der Waals surface area (Å²) in [6.45, 7) is 1.99. The Bertz CT molecular complexity index is 386. The summed E-state index contributed by atoms with van der Waals surface area (Å²) in [5.41, 5.74) is 5.94. The van der Waals surface area contributed by atoms with E-state index in [0.29, 0.717) is 6.04 Å². The number of fused-ring (bicyclic) bond motifs is 1. The van der Waals surface area contributed by atoms with Gasteiger partial charge in [0.15, 0.2) is 5.82 Å². The number of rotatable bonds is 1. The first-order valence-corrected chi connectivity index (χ1v) is 6.13. The maximum atomic E-state index is 5.94. The molecule has 0 aromatic carbocycles. The van der Waals surface area contributed by atoms with Crippen LogP contribution in [0.15, 0.2) is 0 Å². The highest BCUT2D eigenvalue weighted by Gasteiger charge is 2.28. The molecular weight excluding hydrogens is 202 g/mol. The van der Waals surface area contributed by atoms with Gasteiger partial charge in [0.25, 0.3) is 0 Å². The van der Waals surface area contributed by atoms with E-state index < -0.39 is 0 Å². The normalized spacial score (nSPS) is 30.6. The Labute approximate surface area is 95.6 Å². The summed E-state index contributed by atoms with van der Waals surface area (Å²) in [5.74, 6) is 2.13. The second-order valence-corrected chi connectivity index (χ2v) is 5.01. The molecule has 3 rings (SSSR count). The molecule has 0 radical (unpaired) electrons. The van der Waals surface area contributed by atoms with Gasteiger partial charge >= 0.3 is 0 Å². The Morgan fingerprint density at radius 1 is 1.38 bits per heavy atom. The lowest BCUT2D eigenvalue weighted by molar-refractivity contribution is 0.304. The third kappa shape index (κ3) is 1.64. The molecule has 2 unspecified atom stereocenters. The van der Waals surface area contributed by atoms with Crippen LogP contribution in [0.25, 0.3) is 0 Å². The molecule has 1 aromatic rings. The van der Waals surface area contributed by atoms with Gasteiger partial charge in [-0.25, -0.2) is 9.67 Å². The molecule has 88 valence electrons. The van der Waals surface area contributed by atoms with Gasteiger partial charge in [-0.2, -0.15) is 5.10 Å². The zero-order valence-corrected chi connectivity index (χ0v) is 9.76. The molecule has 0 spiro atoms. The standard InChI is InChI=1S/C11H19N5/c1-15-6-2-3-9(15)11-13-10-5-4-8(12)7-16(10)14-11/h8-9H,2-7,12H2,1H3. The molecule has 3 heterocycles. The van der Waals surface area contributed by atoms with Crippen LogP contribution in [0.3, 0.4) is 0 Å². The summed E-state index contributed by atoms with van der Waals surface area (Å²) in [6.07, 6.45) is 4.46. The van der Waals surface area contributed by atoms with Crippen LogP contribution in [0.1, 0.15) is 37.0 Å². The number of aromatic nitrogens is 3. The quantitative estimate of drug-likeness (QED) is 0.742. The molecule has 2 aliphatic heterocycles. The number of nitrogens with zero attached hydrogens (tertiary/aromatic N) is 4. The van der Waals surface area contributed by atoms with E-state index in [1.54, 1.807) is 0 Å². The lowest BCUT2D eigenvalue weighted by Gasteiger charge is -2.17. The van der Waals surface area contributed by atoms with Crippen LogP contribution in [-0.4, -0.2) is 39.3 Å². The van der Waals surface area contributed by atoms with Gasteiger partial charge < -0.3 is 5.73 Å². The molecule has 16 heavy (non-hydrogen) atoms. The van der Waals surface area contributed by atoms with E-state index in [4.69, 9.17) is 5.73 Å². The second kappa shape index (κ2) is 3.82. The Morgan fingerprint density at radius 3 is 3.00 bits per heavy atom.